The molecule has 0 bridgehead atoms. The lowest BCUT2D eigenvalue weighted by Gasteiger charge is -2.31. The molecule has 1 aromatic carbocycles. The minimum atomic E-state index is -2.98. The Bertz CT molecular complexity index is 565. The van der Waals surface area contributed by atoms with Gasteiger partial charge in [-0.2, -0.15) is 0 Å². The van der Waals surface area contributed by atoms with Gasteiger partial charge in [-0.1, -0.05) is 30.7 Å². The zero-order chi connectivity index (χ0) is 15.5. The number of hydrogen-bond donors (Lipinski definition) is 1. The first-order valence-corrected chi connectivity index (χ1v) is 9.75. The lowest BCUT2D eigenvalue weighted by atomic mass is 9.83. The standard InChI is InChI=1S/C17H26O3S/c1-13-6-3-4-7-14(13)10-11-17(18)15-8-5-9-16(12-15)21(2,19)20/h3-4,6-7,15-18H,5,8-12H2,1-2H3. The maximum absolute atomic E-state index is 11.7. The van der Waals surface area contributed by atoms with E-state index in [0.29, 0.717) is 12.8 Å². The number of aliphatic hydroxyl groups is 1. The molecule has 0 spiro atoms. The van der Waals surface area contributed by atoms with Crippen LogP contribution in [-0.4, -0.2) is 31.1 Å². The summed E-state index contributed by atoms with van der Waals surface area (Å²) in [6.07, 6.45) is 5.71. The molecule has 1 saturated carbocycles. The molecule has 3 atom stereocenters. The average Bonchev–Trinajstić information content (AvgIpc) is 2.45. The van der Waals surface area contributed by atoms with Gasteiger partial charge in [0.15, 0.2) is 0 Å². The molecule has 0 amide bonds. The van der Waals surface area contributed by atoms with Crippen LogP contribution in [0.3, 0.4) is 0 Å². The highest BCUT2D eigenvalue weighted by atomic mass is 32.2. The van der Waals surface area contributed by atoms with Crippen LogP contribution in [0.5, 0.6) is 0 Å². The molecule has 0 radical (unpaired) electrons. The fraction of sp³-hybridized carbons (Fsp3) is 0.647. The molecule has 1 aliphatic carbocycles. The van der Waals surface area contributed by atoms with Crippen molar-refractivity contribution in [3.05, 3.63) is 35.4 Å². The molecule has 1 aliphatic rings. The second-order valence-electron chi connectivity index (χ2n) is 6.41. The van der Waals surface area contributed by atoms with Crippen molar-refractivity contribution in [2.75, 3.05) is 6.26 Å². The summed E-state index contributed by atoms with van der Waals surface area (Å²) in [5.41, 5.74) is 2.52. The van der Waals surface area contributed by atoms with Crippen LogP contribution >= 0.6 is 0 Å². The fourth-order valence-electron chi connectivity index (χ4n) is 3.35. The molecule has 2 rings (SSSR count). The topological polar surface area (TPSA) is 54.4 Å². The fourth-order valence-corrected chi connectivity index (χ4v) is 4.54. The van der Waals surface area contributed by atoms with Gasteiger partial charge in [0.25, 0.3) is 0 Å². The Morgan fingerprint density at radius 3 is 2.67 bits per heavy atom. The maximum atomic E-state index is 11.7. The molecule has 3 unspecified atom stereocenters. The van der Waals surface area contributed by atoms with Crippen LogP contribution in [0.4, 0.5) is 0 Å². The Morgan fingerprint density at radius 2 is 2.00 bits per heavy atom. The zero-order valence-electron chi connectivity index (χ0n) is 13.0. The molecule has 1 N–H and O–H groups in total. The van der Waals surface area contributed by atoms with Gasteiger partial charge >= 0.3 is 0 Å². The highest BCUT2D eigenvalue weighted by Gasteiger charge is 2.32. The number of aryl methyl sites for hydroxylation is 2. The van der Waals surface area contributed by atoms with Gasteiger partial charge < -0.3 is 5.11 Å². The van der Waals surface area contributed by atoms with Crippen LogP contribution in [0.25, 0.3) is 0 Å². The molecule has 1 aromatic rings. The van der Waals surface area contributed by atoms with Crippen LogP contribution < -0.4 is 0 Å². The molecule has 0 aliphatic heterocycles. The quantitative estimate of drug-likeness (QED) is 0.910. The summed E-state index contributed by atoms with van der Waals surface area (Å²) in [5, 5.41) is 10.2. The second-order valence-corrected chi connectivity index (χ2v) is 8.74. The number of hydrogen-bond acceptors (Lipinski definition) is 3. The number of benzene rings is 1. The van der Waals surface area contributed by atoms with E-state index in [-0.39, 0.29) is 11.2 Å². The van der Waals surface area contributed by atoms with Crippen molar-refractivity contribution < 1.29 is 13.5 Å². The molecule has 0 saturated heterocycles. The summed E-state index contributed by atoms with van der Waals surface area (Å²) in [4.78, 5) is 0. The highest BCUT2D eigenvalue weighted by Crippen LogP contribution is 2.32. The van der Waals surface area contributed by atoms with E-state index in [0.717, 1.165) is 25.7 Å². The summed E-state index contributed by atoms with van der Waals surface area (Å²) in [7, 11) is -2.98. The monoisotopic (exact) mass is 310 g/mol. The van der Waals surface area contributed by atoms with E-state index in [4.69, 9.17) is 0 Å². The smallest absolute Gasteiger partial charge is 0.150 e. The van der Waals surface area contributed by atoms with Gasteiger partial charge in [0.1, 0.15) is 9.84 Å². The van der Waals surface area contributed by atoms with Gasteiger partial charge in [0.2, 0.25) is 0 Å². The first-order chi connectivity index (χ1) is 9.88. The lowest BCUT2D eigenvalue weighted by Crippen LogP contribution is -2.33. The maximum Gasteiger partial charge on any atom is 0.150 e. The van der Waals surface area contributed by atoms with Crippen LogP contribution in [0, 0.1) is 12.8 Å². The third-order valence-corrected chi connectivity index (χ3v) is 6.43. The van der Waals surface area contributed by atoms with Gasteiger partial charge in [0, 0.05) is 6.26 Å². The van der Waals surface area contributed by atoms with E-state index in [2.05, 4.69) is 19.1 Å². The van der Waals surface area contributed by atoms with Crippen LogP contribution in [-0.2, 0) is 16.3 Å². The van der Waals surface area contributed by atoms with E-state index in [1.807, 2.05) is 12.1 Å². The average molecular weight is 310 g/mol. The Kier molecular flexibility index (Phi) is 5.44. The van der Waals surface area contributed by atoms with Crippen molar-refractivity contribution in [2.24, 2.45) is 5.92 Å². The molecule has 118 valence electrons. The van der Waals surface area contributed by atoms with E-state index < -0.39 is 15.9 Å². The van der Waals surface area contributed by atoms with Crippen molar-refractivity contribution in [3.8, 4) is 0 Å². The normalized spacial score (nSPS) is 24.7. The molecular weight excluding hydrogens is 284 g/mol. The molecule has 3 nitrogen and oxygen atoms in total. The minimum Gasteiger partial charge on any atom is -0.393 e. The number of aliphatic hydroxyl groups excluding tert-OH is 1. The molecule has 0 heterocycles. The Hall–Kier alpha value is -0.870. The van der Waals surface area contributed by atoms with E-state index in [1.165, 1.54) is 17.4 Å². The molecule has 1 fully saturated rings. The van der Waals surface area contributed by atoms with Crippen LogP contribution in [0.2, 0.25) is 0 Å². The van der Waals surface area contributed by atoms with Gasteiger partial charge in [0.05, 0.1) is 11.4 Å². The number of rotatable bonds is 5. The van der Waals surface area contributed by atoms with Crippen LogP contribution in [0.15, 0.2) is 24.3 Å². The summed E-state index contributed by atoms with van der Waals surface area (Å²) in [6.45, 7) is 2.09. The Balaban J connectivity index is 1.91. The summed E-state index contributed by atoms with van der Waals surface area (Å²) >= 11 is 0. The molecule has 0 aromatic heterocycles. The third kappa shape index (κ3) is 4.55. The Morgan fingerprint density at radius 1 is 1.29 bits per heavy atom. The molecule has 21 heavy (non-hydrogen) atoms. The highest BCUT2D eigenvalue weighted by molar-refractivity contribution is 7.91. The first-order valence-electron chi connectivity index (χ1n) is 7.79. The van der Waals surface area contributed by atoms with Crippen molar-refractivity contribution in [3.63, 3.8) is 0 Å². The predicted molar refractivity (Wildman–Crippen MR) is 86.1 cm³/mol. The predicted octanol–water partition coefficient (Wildman–Crippen LogP) is 2.89. The molecular formula is C17H26O3S. The van der Waals surface area contributed by atoms with Crippen molar-refractivity contribution in [1.82, 2.24) is 0 Å². The SMILES string of the molecule is Cc1ccccc1CCC(O)C1CCCC(S(C)(=O)=O)C1. The van der Waals surface area contributed by atoms with Gasteiger partial charge in [-0.3, -0.25) is 0 Å². The van der Waals surface area contributed by atoms with E-state index in [9.17, 15) is 13.5 Å². The molecule has 4 heteroatoms. The zero-order valence-corrected chi connectivity index (χ0v) is 13.8. The first kappa shape index (κ1) is 16.5. The van der Waals surface area contributed by atoms with Gasteiger partial charge in [-0.05, 0) is 56.1 Å². The van der Waals surface area contributed by atoms with E-state index in [1.54, 1.807) is 0 Å². The summed E-state index contributed by atoms with van der Waals surface area (Å²) < 4.78 is 23.4. The second kappa shape index (κ2) is 6.93. The summed E-state index contributed by atoms with van der Waals surface area (Å²) in [5.74, 6) is 0.127. The van der Waals surface area contributed by atoms with Crippen molar-refractivity contribution >= 4 is 9.84 Å². The van der Waals surface area contributed by atoms with E-state index >= 15 is 0 Å². The van der Waals surface area contributed by atoms with Gasteiger partial charge in [-0.25, -0.2) is 8.42 Å². The van der Waals surface area contributed by atoms with Gasteiger partial charge in [-0.15, -0.1) is 0 Å². The Labute approximate surface area is 128 Å². The lowest BCUT2D eigenvalue weighted by molar-refractivity contribution is 0.0783. The van der Waals surface area contributed by atoms with Crippen molar-refractivity contribution in [2.45, 2.75) is 56.8 Å². The largest absolute Gasteiger partial charge is 0.393 e. The summed E-state index contributed by atoms with van der Waals surface area (Å²) in [6, 6.07) is 8.23. The minimum absolute atomic E-state index is 0.127. The third-order valence-electron chi connectivity index (χ3n) is 4.79. The number of sulfone groups is 1. The van der Waals surface area contributed by atoms with Crippen LogP contribution in [0.1, 0.15) is 43.2 Å². The van der Waals surface area contributed by atoms with Crippen molar-refractivity contribution in [1.29, 1.82) is 0 Å².